The Morgan fingerprint density at radius 2 is 1.82 bits per heavy atom. The highest BCUT2D eigenvalue weighted by Gasteiger charge is 2.44. The summed E-state index contributed by atoms with van der Waals surface area (Å²) in [6.45, 7) is 3.39. The molecule has 1 fully saturated rings. The van der Waals surface area contributed by atoms with Crippen molar-refractivity contribution in [3.63, 3.8) is 0 Å². The lowest BCUT2D eigenvalue weighted by atomic mass is 10.1. The minimum absolute atomic E-state index is 0.0675. The third kappa shape index (κ3) is 3.15. The first-order valence-electron chi connectivity index (χ1n) is 9.54. The van der Waals surface area contributed by atoms with Crippen LogP contribution in [0, 0.1) is 6.92 Å². The molecule has 1 aliphatic heterocycles. The molecule has 6 heteroatoms. The summed E-state index contributed by atoms with van der Waals surface area (Å²) in [4.78, 5) is 40.5. The van der Waals surface area contributed by atoms with E-state index in [2.05, 4.69) is 11.4 Å². The SMILES string of the molecule is Cc1ccc(N2C(=O)N(CC(=O)N[C@@H]3CCc4ccccc43)C(=O)[C@H]2C)cc1. The van der Waals surface area contributed by atoms with Crippen molar-refractivity contribution in [1.82, 2.24) is 10.2 Å². The maximum absolute atomic E-state index is 12.8. The normalized spacial score (nSPS) is 21.2. The lowest BCUT2D eigenvalue weighted by Gasteiger charge is -2.20. The Labute approximate surface area is 164 Å². The fraction of sp³-hybridized carbons (Fsp3) is 0.318. The molecule has 144 valence electrons. The standard InChI is InChI=1S/C22H23N3O3/c1-14-7-10-17(11-8-14)25-15(2)21(27)24(22(25)28)13-20(26)23-19-12-9-16-5-3-4-6-18(16)19/h3-8,10-11,15,19H,9,12-13H2,1-2H3,(H,23,26)/t15-,19-/m1/s1. The Morgan fingerprint density at radius 1 is 1.11 bits per heavy atom. The molecule has 0 unspecified atom stereocenters. The Balaban J connectivity index is 1.46. The number of nitrogens with one attached hydrogen (secondary N) is 1. The quantitative estimate of drug-likeness (QED) is 0.833. The van der Waals surface area contributed by atoms with E-state index in [1.54, 1.807) is 6.92 Å². The molecule has 1 aliphatic carbocycles. The van der Waals surface area contributed by atoms with Gasteiger partial charge >= 0.3 is 6.03 Å². The second-order valence-electron chi connectivity index (χ2n) is 7.45. The van der Waals surface area contributed by atoms with Gasteiger partial charge in [-0.05, 0) is 49.9 Å². The number of hydrogen-bond acceptors (Lipinski definition) is 3. The molecule has 0 bridgehead atoms. The third-order valence-electron chi connectivity index (χ3n) is 5.53. The second kappa shape index (κ2) is 7.11. The van der Waals surface area contributed by atoms with Crippen LogP contribution in [0.25, 0.3) is 0 Å². The number of urea groups is 1. The van der Waals surface area contributed by atoms with Crippen molar-refractivity contribution in [3.8, 4) is 0 Å². The van der Waals surface area contributed by atoms with Gasteiger partial charge in [0.25, 0.3) is 5.91 Å². The van der Waals surface area contributed by atoms with E-state index in [1.165, 1.54) is 10.5 Å². The molecule has 2 atom stereocenters. The molecule has 1 saturated heterocycles. The summed E-state index contributed by atoms with van der Waals surface area (Å²) in [5.41, 5.74) is 4.08. The van der Waals surface area contributed by atoms with Crippen molar-refractivity contribution in [2.24, 2.45) is 0 Å². The summed E-state index contributed by atoms with van der Waals surface area (Å²) in [6, 6.07) is 14.3. The van der Waals surface area contributed by atoms with Crippen molar-refractivity contribution in [2.45, 2.75) is 38.8 Å². The van der Waals surface area contributed by atoms with Gasteiger partial charge in [0.2, 0.25) is 5.91 Å². The lowest BCUT2D eigenvalue weighted by molar-refractivity contribution is -0.132. The molecule has 2 aliphatic rings. The summed E-state index contributed by atoms with van der Waals surface area (Å²) >= 11 is 0. The van der Waals surface area contributed by atoms with Crippen molar-refractivity contribution >= 4 is 23.5 Å². The van der Waals surface area contributed by atoms with Gasteiger partial charge in [0.15, 0.2) is 0 Å². The van der Waals surface area contributed by atoms with Crippen molar-refractivity contribution in [3.05, 3.63) is 65.2 Å². The van der Waals surface area contributed by atoms with E-state index in [-0.39, 0.29) is 24.4 Å². The molecular weight excluding hydrogens is 354 g/mol. The summed E-state index contributed by atoms with van der Waals surface area (Å²) in [5.74, 6) is -0.672. The predicted octanol–water partition coefficient (Wildman–Crippen LogP) is 2.96. The van der Waals surface area contributed by atoms with E-state index in [1.807, 2.05) is 49.4 Å². The number of aryl methyl sites for hydroxylation is 2. The second-order valence-corrected chi connectivity index (χ2v) is 7.45. The van der Waals surface area contributed by atoms with Gasteiger partial charge in [-0.3, -0.25) is 19.4 Å². The zero-order valence-electron chi connectivity index (χ0n) is 16.0. The van der Waals surface area contributed by atoms with Crippen molar-refractivity contribution < 1.29 is 14.4 Å². The van der Waals surface area contributed by atoms with Gasteiger partial charge in [0.1, 0.15) is 12.6 Å². The molecule has 2 aromatic rings. The Hall–Kier alpha value is -3.15. The van der Waals surface area contributed by atoms with Crippen LogP contribution in [0.3, 0.4) is 0 Å². The number of hydrogen-bond donors (Lipinski definition) is 1. The highest BCUT2D eigenvalue weighted by molar-refractivity contribution is 6.15. The smallest absolute Gasteiger partial charge is 0.332 e. The average Bonchev–Trinajstić information content (AvgIpc) is 3.18. The maximum atomic E-state index is 12.8. The molecular formula is C22H23N3O3. The van der Waals surface area contributed by atoms with Crippen LogP contribution in [0.2, 0.25) is 0 Å². The zero-order chi connectivity index (χ0) is 19.8. The number of imide groups is 1. The molecule has 0 radical (unpaired) electrons. The minimum Gasteiger partial charge on any atom is -0.348 e. The monoisotopic (exact) mass is 377 g/mol. The van der Waals surface area contributed by atoms with Gasteiger partial charge < -0.3 is 5.32 Å². The van der Waals surface area contributed by atoms with Crippen LogP contribution in [-0.4, -0.2) is 35.3 Å². The van der Waals surface area contributed by atoms with Crippen LogP contribution in [0.1, 0.15) is 36.1 Å². The highest BCUT2D eigenvalue weighted by atomic mass is 16.2. The number of rotatable bonds is 4. The van der Waals surface area contributed by atoms with Gasteiger partial charge in [-0.1, -0.05) is 42.0 Å². The fourth-order valence-corrected chi connectivity index (χ4v) is 4.00. The first-order chi connectivity index (χ1) is 13.5. The molecule has 4 rings (SSSR count). The molecule has 1 N–H and O–H groups in total. The number of anilines is 1. The summed E-state index contributed by atoms with van der Waals surface area (Å²) in [6.07, 6.45) is 1.75. The molecule has 4 amide bonds. The molecule has 6 nitrogen and oxygen atoms in total. The van der Waals surface area contributed by atoms with Gasteiger partial charge in [-0.2, -0.15) is 0 Å². The average molecular weight is 377 g/mol. The number of amides is 4. The number of carbonyl (C=O) groups excluding carboxylic acids is 3. The van der Waals surface area contributed by atoms with Crippen LogP contribution in [0.5, 0.6) is 0 Å². The molecule has 2 aromatic carbocycles. The highest BCUT2D eigenvalue weighted by Crippen LogP contribution is 2.31. The summed E-state index contributed by atoms with van der Waals surface area (Å²) < 4.78 is 0. The van der Waals surface area contributed by atoms with Gasteiger partial charge in [0, 0.05) is 5.69 Å². The fourth-order valence-electron chi connectivity index (χ4n) is 4.00. The molecule has 1 heterocycles. The summed E-state index contributed by atoms with van der Waals surface area (Å²) in [5, 5.41) is 2.98. The Bertz CT molecular complexity index is 938. The van der Waals surface area contributed by atoms with Gasteiger partial charge in [-0.25, -0.2) is 4.79 Å². The van der Waals surface area contributed by atoms with E-state index in [9.17, 15) is 14.4 Å². The minimum atomic E-state index is -0.629. The predicted molar refractivity (Wildman–Crippen MR) is 106 cm³/mol. The van der Waals surface area contributed by atoms with E-state index in [0.29, 0.717) is 5.69 Å². The molecule has 0 spiro atoms. The number of benzene rings is 2. The van der Waals surface area contributed by atoms with Gasteiger partial charge in [-0.15, -0.1) is 0 Å². The van der Waals surface area contributed by atoms with E-state index < -0.39 is 12.1 Å². The number of fused-ring (bicyclic) bond motifs is 1. The zero-order valence-corrected chi connectivity index (χ0v) is 16.0. The number of carbonyl (C=O) groups is 3. The van der Waals surface area contributed by atoms with Gasteiger partial charge in [0.05, 0.1) is 6.04 Å². The molecule has 28 heavy (non-hydrogen) atoms. The lowest BCUT2D eigenvalue weighted by Crippen LogP contribution is -2.42. The van der Waals surface area contributed by atoms with Crippen molar-refractivity contribution in [2.75, 3.05) is 11.4 Å². The summed E-state index contributed by atoms with van der Waals surface area (Å²) in [7, 11) is 0. The van der Waals surface area contributed by atoms with E-state index in [0.717, 1.165) is 28.9 Å². The molecule has 0 saturated carbocycles. The van der Waals surface area contributed by atoms with Crippen LogP contribution >= 0.6 is 0 Å². The van der Waals surface area contributed by atoms with Crippen LogP contribution < -0.4 is 10.2 Å². The van der Waals surface area contributed by atoms with Crippen molar-refractivity contribution in [1.29, 1.82) is 0 Å². The molecule has 0 aromatic heterocycles. The first kappa shape index (κ1) is 18.2. The van der Waals surface area contributed by atoms with E-state index >= 15 is 0 Å². The van der Waals surface area contributed by atoms with Crippen LogP contribution in [0.15, 0.2) is 48.5 Å². The third-order valence-corrected chi connectivity index (χ3v) is 5.53. The first-order valence-corrected chi connectivity index (χ1v) is 9.54. The maximum Gasteiger partial charge on any atom is 0.332 e. The Kier molecular flexibility index (Phi) is 4.63. The largest absolute Gasteiger partial charge is 0.348 e. The van der Waals surface area contributed by atoms with Crippen LogP contribution in [0.4, 0.5) is 10.5 Å². The Morgan fingerprint density at radius 3 is 2.57 bits per heavy atom. The number of nitrogens with zero attached hydrogens (tertiary/aromatic N) is 2. The van der Waals surface area contributed by atoms with E-state index in [4.69, 9.17) is 0 Å². The topological polar surface area (TPSA) is 69.7 Å². The van der Waals surface area contributed by atoms with Crippen LogP contribution in [-0.2, 0) is 16.0 Å².